The summed E-state index contributed by atoms with van der Waals surface area (Å²) >= 11 is 0. The van der Waals surface area contributed by atoms with Gasteiger partial charge in [0.2, 0.25) is 0 Å². The fourth-order valence-electron chi connectivity index (χ4n) is 3.60. The lowest BCUT2D eigenvalue weighted by Gasteiger charge is -2.19. The molecule has 4 aliphatic heterocycles. The molecule has 0 bridgehead atoms. The van der Waals surface area contributed by atoms with E-state index in [1.54, 1.807) is 0 Å². The molecule has 0 amide bonds. The van der Waals surface area contributed by atoms with Crippen molar-refractivity contribution in [3.8, 4) is 11.5 Å². The minimum absolute atomic E-state index is 0.204. The zero-order valence-corrected chi connectivity index (χ0v) is 15.7. The number of epoxide rings is 4. The van der Waals surface area contributed by atoms with Gasteiger partial charge in [0, 0.05) is 23.8 Å². The van der Waals surface area contributed by atoms with Gasteiger partial charge in [0.05, 0.1) is 38.6 Å². The summed E-state index contributed by atoms with van der Waals surface area (Å²) in [6.45, 7) is 4.37. The average Bonchev–Trinajstić information content (AvgIpc) is 3.54. The van der Waals surface area contributed by atoms with Gasteiger partial charge >= 0.3 is 0 Å². The number of fused-ring (bicyclic) bond motifs is 1. The largest absolute Gasteiger partial charge is 0.490 e. The molecule has 4 unspecified atom stereocenters. The molecule has 28 heavy (non-hydrogen) atoms. The van der Waals surface area contributed by atoms with Crippen LogP contribution in [0.5, 0.6) is 11.5 Å². The van der Waals surface area contributed by atoms with E-state index in [0.717, 1.165) is 67.1 Å². The van der Waals surface area contributed by atoms with E-state index < -0.39 is 0 Å². The Morgan fingerprint density at radius 1 is 0.750 bits per heavy atom. The predicted molar refractivity (Wildman–Crippen MR) is 101 cm³/mol. The predicted octanol–water partition coefficient (Wildman–Crippen LogP) is 2.28. The van der Waals surface area contributed by atoms with Crippen LogP contribution in [0.3, 0.4) is 0 Å². The highest BCUT2D eigenvalue weighted by atomic mass is 16.6. The first-order valence-corrected chi connectivity index (χ1v) is 10.1. The molecule has 6 nitrogen and oxygen atoms in total. The van der Waals surface area contributed by atoms with Crippen LogP contribution in [0.2, 0.25) is 0 Å². The molecule has 148 valence electrons. The third-order valence-corrected chi connectivity index (χ3v) is 5.56. The molecule has 4 fully saturated rings. The van der Waals surface area contributed by atoms with Crippen molar-refractivity contribution >= 4 is 10.8 Å². The Bertz CT molecular complexity index is 880. The van der Waals surface area contributed by atoms with Gasteiger partial charge in [-0.1, -0.05) is 18.2 Å². The molecular weight excluding hydrogens is 360 g/mol. The quantitative estimate of drug-likeness (QED) is 0.586. The van der Waals surface area contributed by atoms with Crippen LogP contribution in [0, 0.1) is 0 Å². The number of rotatable bonds is 10. The number of ether oxygens (including phenoxy) is 6. The van der Waals surface area contributed by atoms with Gasteiger partial charge in [-0.25, -0.2) is 0 Å². The first-order valence-electron chi connectivity index (χ1n) is 10.1. The smallest absolute Gasteiger partial charge is 0.134 e. The molecule has 4 heterocycles. The molecule has 6 heteroatoms. The second kappa shape index (κ2) is 6.88. The molecular formula is C22H24O6. The number of hydrogen-bond acceptors (Lipinski definition) is 6. The van der Waals surface area contributed by atoms with Gasteiger partial charge in [0.1, 0.15) is 36.9 Å². The van der Waals surface area contributed by atoms with Crippen LogP contribution >= 0.6 is 0 Å². The van der Waals surface area contributed by atoms with Gasteiger partial charge in [-0.15, -0.1) is 0 Å². The zero-order chi connectivity index (χ0) is 18.5. The fourth-order valence-corrected chi connectivity index (χ4v) is 3.60. The Morgan fingerprint density at radius 3 is 2.07 bits per heavy atom. The third-order valence-electron chi connectivity index (χ3n) is 5.56. The average molecular weight is 384 g/mol. The van der Waals surface area contributed by atoms with Gasteiger partial charge < -0.3 is 28.4 Å². The van der Waals surface area contributed by atoms with Crippen molar-refractivity contribution in [3.63, 3.8) is 0 Å². The van der Waals surface area contributed by atoms with Crippen LogP contribution in [0.1, 0.15) is 11.1 Å². The Morgan fingerprint density at radius 2 is 1.39 bits per heavy atom. The first kappa shape index (κ1) is 17.0. The maximum Gasteiger partial charge on any atom is 0.134 e. The van der Waals surface area contributed by atoms with Crippen molar-refractivity contribution in [2.45, 2.75) is 37.3 Å². The highest BCUT2D eigenvalue weighted by Gasteiger charge is 2.31. The Kier molecular flexibility index (Phi) is 4.19. The summed E-state index contributed by atoms with van der Waals surface area (Å²) in [6, 6.07) is 8.73. The van der Waals surface area contributed by atoms with E-state index in [2.05, 4.69) is 24.3 Å². The second-order valence-corrected chi connectivity index (χ2v) is 8.09. The highest BCUT2D eigenvalue weighted by molar-refractivity contribution is 5.92. The van der Waals surface area contributed by atoms with Crippen LogP contribution in [0.25, 0.3) is 10.8 Å². The van der Waals surface area contributed by atoms with Gasteiger partial charge in [0.15, 0.2) is 0 Å². The minimum atomic E-state index is 0.204. The van der Waals surface area contributed by atoms with E-state index in [4.69, 9.17) is 28.4 Å². The summed E-state index contributed by atoms with van der Waals surface area (Å²) in [5.41, 5.74) is 2.37. The summed E-state index contributed by atoms with van der Waals surface area (Å²) in [5.74, 6) is 1.79. The Balaban J connectivity index is 1.39. The van der Waals surface area contributed by atoms with E-state index in [9.17, 15) is 0 Å². The molecule has 0 N–H and O–H groups in total. The maximum absolute atomic E-state index is 6.28. The summed E-state index contributed by atoms with van der Waals surface area (Å²) in [6.07, 6.45) is 2.79. The molecule has 0 radical (unpaired) electrons. The Labute approximate surface area is 163 Å². The molecule has 4 saturated heterocycles. The van der Waals surface area contributed by atoms with Crippen molar-refractivity contribution in [3.05, 3.63) is 35.4 Å². The number of benzene rings is 2. The van der Waals surface area contributed by atoms with E-state index in [1.165, 1.54) is 5.56 Å². The molecule has 0 aliphatic carbocycles. The van der Waals surface area contributed by atoms with Crippen LogP contribution in [-0.4, -0.2) is 64.1 Å². The molecule has 6 rings (SSSR count). The van der Waals surface area contributed by atoms with Crippen molar-refractivity contribution in [2.75, 3.05) is 39.6 Å². The Hall–Kier alpha value is -1.86. The molecule has 0 saturated carbocycles. The fraction of sp³-hybridized carbons (Fsp3) is 0.545. The van der Waals surface area contributed by atoms with E-state index in [-0.39, 0.29) is 18.3 Å². The standard InChI is InChI=1S/C22H24O6/c1-2-19-14(3-13(1)4-15-7-23-15)5-21(27-11-17-9-25-17)20(6-16-8-24-16)22(19)28-12-18-10-26-18/h1-3,5,15-18H,4,6-12H2. The second-order valence-electron chi connectivity index (χ2n) is 8.09. The summed E-state index contributed by atoms with van der Waals surface area (Å²) in [4.78, 5) is 0. The first-order chi connectivity index (χ1) is 13.8. The van der Waals surface area contributed by atoms with Gasteiger partial charge in [-0.2, -0.15) is 0 Å². The monoisotopic (exact) mass is 384 g/mol. The summed E-state index contributed by atoms with van der Waals surface area (Å²) < 4.78 is 34.0. The molecule has 0 spiro atoms. The van der Waals surface area contributed by atoms with E-state index >= 15 is 0 Å². The lowest BCUT2D eigenvalue weighted by molar-refractivity contribution is 0.249. The van der Waals surface area contributed by atoms with Crippen LogP contribution < -0.4 is 9.47 Å². The number of hydrogen-bond donors (Lipinski definition) is 0. The molecule has 2 aromatic carbocycles. The maximum atomic E-state index is 6.28. The van der Waals surface area contributed by atoms with Gasteiger partial charge in [-0.05, 0) is 17.0 Å². The SMILES string of the molecule is c1cc2c(OCC3CO3)c(CC3CO3)c(OCC3CO3)cc2cc1CC1CO1. The normalized spacial score (nSPS) is 29.6. The van der Waals surface area contributed by atoms with E-state index in [1.807, 2.05) is 0 Å². The van der Waals surface area contributed by atoms with Crippen molar-refractivity contribution in [1.29, 1.82) is 0 Å². The van der Waals surface area contributed by atoms with Crippen molar-refractivity contribution in [1.82, 2.24) is 0 Å². The molecule has 2 aromatic rings. The lowest BCUT2D eigenvalue weighted by Crippen LogP contribution is -2.11. The minimum Gasteiger partial charge on any atom is -0.490 e. The molecule has 4 atom stereocenters. The third kappa shape index (κ3) is 3.96. The van der Waals surface area contributed by atoms with Crippen molar-refractivity contribution < 1.29 is 28.4 Å². The van der Waals surface area contributed by atoms with Crippen LogP contribution in [0.15, 0.2) is 24.3 Å². The molecule has 0 aromatic heterocycles. The van der Waals surface area contributed by atoms with Gasteiger partial charge in [0.25, 0.3) is 0 Å². The lowest BCUT2D eigenvalue weighted by atomic mass is 9.98. The zero-order valence-electron chi connectivity index (χ0n) is 15.7. The van der Waals surface area contributed by atoms with E-state index in [0.29, 0.717) is 19.3 Å². The van der Waals surface area contributed by atoms with Gasteiger partial charge in [-0.3, -0.25) is 0 Å². The van der Waals surface area contributed by atoms with Crippen molar-refractivity contribution in [2.24, 2.45) is 0 Å². The topological polar surface area (TPSA) is 68.6 Å². The summed E-state index contributed by atoms with van der Waals surface area (Å²) in [7, 11) is 0. The molecule has 4 aliphatic rings. The summed E-state index contributed by atoms with van der Waals surface area (Å²) in [5, 5.41) is 2.25. The van der Waals surface area contributed by atoms with Crippen LogP contribution in [0.4, 0.5) is 0 Å². The van der Waals surface area contributed by atoms with Crippen LogP contribution in [-0.2, 0) is 31.8 Å². The highest BCUT2D eigenvalue weighted by Crippen LogP contribution is 2.41.